The highest BCUT2D eigenvalue weighted by molar-refractivity contribution is 7.14. The summed E-state index contributed by atoms with van der Waals surface area (Å²) in [5.41, 5.74) is 1.82. The van der Waals surface area contributed by atoms with Gasteiger partial charge < -0.3 is 5.32 Å². The number of carbonyl (C=O) groups excluding carboxylic acids is 2. The molecule has 4 rings (SSSR count). The number of hydrogen-bond acceptors (Lipinski definition) is 5. The Balaban J connectivity index is 1.35. The second kappa shape index (κ2) is 8.02. The molecule has 7 heteroatoms. The van der Waals surface area contributed by atoms with Crippen molar-refractivity contribution in [1.29, 1.82) is 0 Å². The first-order valence-corrected chi connectivity index (χ1v) is 10.6. The van der Waals surface area contributed by atoms with Crippen molar-refractivity contribution < 1.29 is 9.59 Å². The summed E-state index contributed by atoms with van der Waals surface area (Å²) in [5.74, 6) is 0.304. The Hall–Kier alpha value is -2.51. The molecule has 2 N–H and O–H groups in total. The second-order valence-corrected chi connectivity index (χ2v) is 8.35. The minimum Gasteiger partial charge on any atom is -0.349 e. The van der Waals surface area contributed by atoms with E-state index in [9.17, 15) is 9.59 Å². The van der Waals surface area contributed by atoms with Crippen LogP contribution in [0.25, 0.3) is 0 Å². The molecular weight excluding hydrogens is 378 g/mol. The van der Waals surface area contributed by atoms with E-state index in [2.05, 4.69) is 27.8 Å². The lowest BCUT2D eigenvalue weighted by Gasteiger charge is -2.18. The molecule has 2 amide bonds. The summed E-state index contributed by atoms with van der Waals surface area (Å²) in [6.07, 6.45) is 2.51. The van der Waals surface area contributed by atoms with Gasteiger partial charge in [-0.3, -0.25) is 14.9 Å². The summed E-state index contributed by atoms with van der Waals surface area (Å²) in [5, 5.41) is 10.1. The summed E-state index contributed by atoms with van der Waals surface area (Å²) in [6, 6.07) is 13.8. The topological polar surface area (TPSA) is 71.1 Å². The van der Waals surface area contributed by atoms with E-state index >= 15 is 0 Å². The van der Waals surface area contributed by atoms with Crippen LogP contribution in [0.5, 0.6) is 0 Å². The number of thiophene rings is 1. The van der Waals surface area contributed by atoms with Crippen LogP contribution in [0, 0.1) is 5.92 Å². The van der Waals surface area contributed by atoms with Gasteiger partial charge in [-0.2, -0.15) is 0 Å². The van der Waals surface area contributed by atoms with Crippen molar-refractivity contribution in [2.24, 2.45) is 5.92 Å². The molecule has 27 heavy (non-hydrogen) atoms. The van der Waals surface area contributed by atoms with E-state index in [1.165, 1.54) is 22.7 Å². The fourth-order valence-corrected chi connectivity index (χ4v) is 4.29. The Morgan fingerprint density at radius 1 is 1.11 bits per heavy atom. The SMILES string of the molecule is O=C(Cc1csc(NC(=O)c2cccs2)n1)NC(c1ccccc1)C1CC1. The standard InChI is InChI=1S/C20H19N3O2S2/c24-17(22-18(14-8-9-14)13-5-2-1-3-6-13)11-15-12-27-20(21-15)23-19(25)16-7-4-10-26-16/h1-7,10,12,14,18H,8-9,11H2,(H,22,24)(H,21,23,25). The van der Waals surface area contributed by atoms with Crippen molar-refractivity contribution in [2.75, 3.05) is 5.32 Å². The van der Waals surface area contributed by atoms with Crippen LogP contribution in [0.4, 0.5) is 5.13 Å². The van der Waals surface area contributed by atoms with E-state index in [1.54, 1.807) is 6.07 Å². The highest BCUT2D eigenvalue weighted by Crippen LogP contribution is 2.40. The molecule has 1 atom stereocenters. The Labute approximate surface area is 165 Å². The highest BCUT2D eigenvalue weighted by atomic mass is 32.1. The molecule has 3 aromatic rings. The van der Waals surface area contributed by atoms with Crippen molar-refractivity contribution in [1.82, 2.24) is 10.3 Å². The first-order chi connectivity index (χ1) is 13.2. The van der Waals surface area contributed by atoms with E-state index in [0.717, 1.165) is 18.4 Å². The number of rotatable bonds is 7. The van der Waals surface area contributed by atoms with Crippen LogP contribution in [0.1, 0.15) is 39.8 Å². The molecule has 1 fully saturated rings. The number of anilines is 1. The van der Waals surface area contributed by atoms with Crippen LogP contribution in [-0.4, -0.2) is 16.8 Å². The van der Waals surface area contributed by atoms with Crippen LogP contribution in [-0.2, 0) is 11.2 Å². The molecule has 1 saturated carbocycles. The zero-order valence-electron chi connectivity index (χ0n) is 14.6. The van der Waals surface area contributed by atoms with Crippen molar-refractivity contribution in [2.45, 2.75) is 25.3 Å². The lowest BCUT2D eigenvalue weighted by molar-refractivity contribution is -0.121. The molecule has 0 spiro atoms. The minimum atomic E-state index is -0.173. The number of thiazole rings is 1. The van der Waals surface area contributed by atoms with Gasteiger partial charge >= 0.3 is 0 Å². The van der Waals surface area contributed by atoms with Crippen molar-refractivity contribution in [3.8, 4) is 0 Å². The van der Waals surface area contributed by atoms with Crippen molar-refractivity contribution in [3.05, 3.63) is 69.4 Å². The summed E-state index contributed by atoms with van der Waals surface area (Å²) in [6.45, 7) is 0. The second-order valence-electron chi connectivity index (χ2n) is 6.55. The third-order valence-corrected chi connectivity index (χ3v) is 6.10. The Bertz CT molecular complexity index is 918. The number of nitrogens with zero attached hydrogens (tertiary/aromatic N) is 1. The minimum absolute atomic E-state index is 0.0443. The van der Waals surface area contributed by atoms with Crippen molar-refractivity contribution >= 4 is 39.6 Å². The summed E-state index contributed by atoms with van der Waals surface area (Å²) in [7, 11) is 0. The molecule has 1 aliphatic carbocycles. The number of carbonyl (C=O) groups is 2. The molecule has 1 aromatic carbocycles. The molecule has 0 saturated heterocycles. The van der Waals surface area contributed by atoms with E-state index in [1.807, 2.05) is 35.0 Å². The summed E-state index contributed by atoms with van der Waals surface area (Å²) < 4.78 is 0. The number of benzene rings is 1. The zero-order valence-corrected chi connectivity index (χ0v) is 16.2. The lowest BCUT2D eigenvalue weighted by Crippen LogP contribution is -2.31. The predicted octanol–water partition coefficient (Wildman–Crippen LogP) is 4.27. The van der Waals surface area contributed by atoms with Gasteiger partial charge in [0.2, 0.25) is 5.91 Å². The van der Waals surface area contributed by atoms with Gasteiger partial charge in [0.15, 0.2) is 5.13 Å². The average molecular weight is 398 g/mol. The summed E-state index contributed by atoms with van der Waals surface area (Å²) in [4.78, 5) is 29.6. The van der Waals surface area contributed by atoms with E-state index in [0.29, 0.717) is 21.6 Å². The third kappa shape index (κ3) is 4.61. The average Bonchev–Trinajstić information content (AvgIpc) is 3.17. The molecule has 2 aromatic heterocycles. The Morgan fingerprint density at radius 3 is 2.63 bits per heavy atom. The smallest absolute Gasteiger partial charge is 0.267 e. The van der Waals surface area contributed by atoms with Crippen LogP contribution in [0.15, 0.2) is 53.2 Å². The van der Waals surface area contributed by atoms with Crippen LogP contribution in [0.3, 0.4) is 0 Å². The summed E-state index contributed by atoms with van der Waals surface area (Å²) >= 11 is 2.71. The van der Waals surface area contributed by atoms with Crippen LogP contribution < -0.4 is 10.6 Å². The van der Waals surface area contributed by atoms with Gasteiger partial charge in [0.05, 0.1) is 23.0 Å². The van der Waals surface area contributed by atoms with Crippen molar-refractivity contribution in [3.63, 3.8) is 0 Å². The number of amides is 2. The first kappa shape index (κ1) is 17.9. The van der Waals surface area contributed by atoms with Gasteiger partial charge in [-0.05, 0) is 35.8 Å². The molecular formula is C20H19N3O2S2. The number of hydrogen-bond donors (Lipinski definition) is 2. The van der Waals surface area contributed by atoms with E-state index in [4.69, 9.17) is 0 Å². The van der Waals surface area contributed by atoms with Crippen LogP contribution in [0.2, 0.25) is 0 Å². The normalized spacial score (nSPS) is 14.5. The number of nitrogens with one attached hydrogen (secondary N) is 2. The molecule has 0 bridgehead atoms. The van der Waals surface area contributed by atoms with Gasteiger partial charge in [0, 0.05) is 5.38 Å². The molecule has 2 heterocycles. The molecule has 5 nitrogen and oxygen atoms in total. The Kier molecular flexibility index (Phi) is 5.31. The fourth-order valence-electron chi connectivity index (χ4n) is 2.96. The largest absolute Gasteiger partial charge is 0.349 e. The maximum atomic E-state index is 12.5. The van der Waals surface area contributed by atoms with Gasteiger partial charge in [0.1, 0.15) is 0 Å². The van der Waals surface area contributed by atoms with Gasteiger partial charge in [-0.15, -0.1) is 22.7 Å². The lowest BCUT2D eigenvalue weighted by atomic mass is 10.0. The monoisotopic (exact) mass is 397 g/mol. The van der Waals surface area contributed by atoms with Crippen LogP contribution >= 0.6 is 22.7 Å². The fraction of sp³-hybridized carbons (Fsp3) is 0.250. The zero-order chi connectivity index (χ0) is 18.6. The molecule has 1 aliphatic rings. The van der Waals surface area contributed by atoms with E-state index < -0.39 is 0 Å². The number of aromatic nitrogens is 1. The quantitative estimate of drug-likeness (QED) is 0.625. The third-order valence-electron chi connectivity index (χ3n) is 4.43. The van der Waals surface area contributed by atoms with Gasteiger partial charge in [-0.25, -0.2) is 4.98 Å². The van der Waals surface area contributed by atoms with E-state index in [-0.39, 0.29) is 24.3 Å². The first-order valence-electron chi connectivity index (χ1n) is 8.82. The maximum absolute atomic E-state index is 12.5. The van der Waals surface area contributed by atoms with Gasteiger partial charge in [0.25, 0.3) is 5.91 Å². The predicted molar refractivity (Wildman–Crippen MR) is 108 cm³/mol. The maximum Gasteiger partial charge on any atom is 0.267 e. The highest BCUT2D eigenvalue weighted by Gasteiger charge is 2.33. The molecule has 0 aliphatic heterocycles. The van der Waals surface area contributed by atoms with Gasteiger partial charge in [-0.1, -0.05) is 36.4 Å². The Morgan fingerprint density at radius 2 is 1.93 bits per heavy atom. The molecule has 0 radical (unpaired) electrons. The molecule has 1 unspecified atom stereocenters. The molecule has 138 valence electrons.